The molecule has 0 aromatic heterocycles. The van der Waals surface area contributed by atoms with Gasteiger partial charge >= 0.3 is 0 Å². The Morgan fingerprint density at radius 1 is 1.02 bits per heavy atom. The summed E-state index contributed by atoms with van der Waals surface area (Å²) in [5, 5.41) is 16.9. The second-order valence-electron chi connectivity index (χ2n) is 16.6. The van der Waals surface area contributed by atoms with Crippen LogP contribution >= 0.6 is 0 Å². The lowest BCUT2D eigenvalue weighted by molar-refractivity contribution is -0.127. The summed E-state index contributed by atoms with van der Waals surface area (Å²) in [5.74, 6) is 3.54. The zero-order valence-electron chi connectivity index (χ0n) is 35.8. The first-order valence-corrected chi connectivity index (χ1v) is 20.3. The lowest BCUT2D eigenvalue weighted by Gasteiger charge is -2.41. The number of rotatable bonds is 22. The van der Waals surface area contributed by atoms with Gasteiger partial charge in [0.2, 0.25) is 11.8 Å². The Bertz CT molecular complexity index is 1530. The maximum Gasteiger partial charge on any atom is 0.248 e. The molecule has 1 saturated carbocycles. The van der Waals surface area contributed by atoms with E-state index in [-0.39, 0.29) is 52.1 Å². The maximum atomic E-state index is 14.5. The molecular weight excluding hydrogens is 681 g/mol. The summed E-state index contributed by atoms with van der Waals surface area (Å²) < 4.78 is 0. The standard InChI is InChI=1S/C45H68N6O2.C2H6/c1-15-20-22-37(30(7)42(52)47-25-17-3)50-43(53)41-39-36(45(39,13)14)28-51(41)31(8)40(35-26-33(18-4)34(27-35)21-16-2)49-32(9)48-38(44(10,11)12)24-23-29(6)46-19-5;1-2/h1,16-18,21,35-41,46,48-49H,3-4,6-9,19-20,22-28H2,2,5,10-14H3,(H,47,52)(H,50,53);1-2H3/b21-16-;/t35?,36-,37?,38?,39-,40?,41?;/m0./s1. The number of allylic oxidation sites excluding steroid dienone is 6. The number of likely N-dealkylation sites (tertiary alicyclic amines) is 1. The van der Waals surface area contributed by atoms with Crippen LogP contribution < -0.4 is 26.6 Å². The first-order valence-electron chi connectivity index (χ1n) is 20.3. The molecule has 0 aromatic carbocycles. The molecule has 1 aliphatic heterocycles. The van der Waals surface area contributed by atoms with Gasteiger partial charge in [-0.2, -0.15) is 0 Å². The van der Waals surface area contributed by atoms with Crippen molar-refractivity contribution in [1.82, 2.24) is 31.5 Å². The highest BCUT2D eigenvalue weighted by Gasteiger charge is 2.69. The van der Waals surface area contributed by atoms with E-state index < -0.39 is 12.1 Å². The summed E-state index contributed by atoms with van der Waals surface area (Å²) >= 11 is 0. The van der Waals surface area contributed by atoms with Gasteiger partial charge in [-0.3, -0.25) is 9.59 Å². The van der Waals surface area contributed by atoms with Gasteiger partial charge in [-0.05, 0) is 85.7 Å². The molecule has 5 N–H and O–H groups in total. The van der Waals surface area contributed by atoms with Crippen LogP contribution in [-0.2, 0) is 9.59 Å². The Morgan fingerprint density at radius 2 is 1.67 bits per heavy atom. The predicted octanol–water partition coefficient (Wildman–Crippen LogP) is 8.05. The van der Waals surface area contributed by atoms with Crippen molar-refractivity contribution >= 4 is 11.8 Å². The SMILES string of the molecule is C#CCCC(NC(=O)C1[C@@H]2[C@H](CN1C(=C)C(NC(=C)NC(CCC(=C)NCC)C(C)(C)C)C1CC(C=C)=C(/C=C\C)C1)C2(C)C)C(=C)C(=O)NCC=C.CC. The van der Waals surface area contributed by atoms with E-state index in [0.717, 1.165) is 56.0 Å². The lowest BCUT2D eigenvalue weighted by Crippen LogP contribution is -2.54. The number of nitrogens with zero attached hydrogens (tertiary/aromatic N) is 1. The number of hydrogen-bond donors (Lipinski definition) is 5. The molecule has 1 saturated heterocycles. The molecule has 3 rings (SSSR count). The van der Waals surface area contributed by atoms with E-state index in [0.29, 0.717) is 25.3 Å². The van der Waals surface area contributed by atoms with Gasteiger partial charge in [-0.1, -0.05) is 106 Å². The van der Waals surface area contributed by atoms with Crippen LogP contribution in [0.4, 0.5) is 0 Å². The summed E-state index contributed by atoms with van der Waals surface area (Å²) in [6.45, 7) is 46.5. The first kappa shape index (κ1) is 46.8. The fourth-order valence-corrected chi connectivity index (χ4v) is 8.33. The van der Waals surface area contributed by atoms with Gasteiger partial charge in [0.1, 0.15) is 6.04 Å². The highest BCUT2D eigenvalue weighted by atomic mass is 16.2. The first-order chi connectivity index (χ1) is 26.0. The van der Waals surface area contributed by atoms with E-state index in [1.165, 1.54) is 11.1 Å². The summed E-state index contributed by atoms with van der Waals surface area (Å²) in [6.07, 6.45) is 17.7. The molecule has 0 aromatic rings. The van der Waals surface area contributed by atoms with Crippen LogP contribution in [0.1, 0.15) is 101 Å². The van der Waals surface area contributed by atoms with Crippen molar-refractivity contribution in [2.75, 3.05) is 19.6 Å². The number of carbonyl (C=O) groups is 2. The molecule has 304 valence electrons. The zero-order valence-corrected chi connectivity index (χ0v) is 35.8. The van der Waals surface area contributed by atoms with E-state index >= 15 is 0 Å². The molecule has 2 amide bonds. The largest absolute Gasteiger partial charge is 0.389 e. The fourth-order valence-electron chi connectivity index (χ4n) is 8.33. The normalized spacial score (nSPS) is 22.4. The van der Waals surface area contributed by atoms with Gasteiger partial charge in [0.05, 0.1) is 17.9 Å². The molecule has 0 bridgehead atoms. The van der Waals surface area contributed by atoms with Gasteiger partial charge in [0, 0.05) is 49.1 Å². The van der Waals surface area contributed by atoms with E-state index in [4.69, 9.17) is 13.0 Å². The number of amides is 2. The fraction of sp³-hybridized carbons (Fsp3) is 0.574. The summed E-state index contributed by atoms with van der Waals surface area (Å²) in [5.41, 5.74) is 4.62. The second kappa shape index (κ2) is 21.1. The number of hydrogen-bond acceptors (Lipinski definition) is 6. The Hall–Kier alpha value is -4.38. The van der Waals surface area contributed by atoms with Gasteiger partial charge in [-0.15, -0.1) is 18.9 Å². The molecule has 5 unspecified atom stereocenters. The van der Waals surface area contributed by atoms with Crippen molar-refractivity contribution in [2.24, 2.45) is 28.6 Å². The van der Waals surface area contributed by atoms with Crippen molar-refractivity contribution in [3.63, 3.8) is 0 Å². The lowest BCUT2D eigenvalue weighted by atomic mass is 9.83. The van der Waals surface area contributed by atoms with E-state index in [1.54, 1.807) is 6.08 Å². The molecule has 8 heteroatoms. The summed E-state index contributed by atoms with van der Waals surface area (Å²) in [6, 6.07) is -1.15. The molecule has 3 aliphatic rings. The second-order valence-corrected chi connectivity index (χ2v) is 16.6. The van der Waals surface area contributed by atoms with Crippen molar-refractivity contribution < 1.29 is 9.59 Å². The van der Waals surface area contributed by atoms with Crippen LogP contribution in [-0.4, -0.2) is 60.5 Å². The van der Waals surface area contributed by atoms with E-state index in [2.05, 4.69) is 124 Å². The number of terminal acetylenes is 1. The van der Waals surface area contributed by atoms with Gasteiger partial charge in [-0.25, -0.2) is 0 Å². The van der Waals surface area contributed by atoms with Gasteiger partial charge in [0.25, 0.3) is 0 Å². The van der Waals surface area contributed by atoms with Crippen molar-refractivity contribution in [3.05, 3.63) is 97.7 Å². The third-order valence-electron chi connectivity index (χ3n) is 11.6. The summed E-state index contributed by atoms with van der Waals surface area (Å²) in [4.78, 5) is 29.6. The molecule has 55 heavy (non-hydrogen) atoms. The topological polar surface area (TPSA) is 97.5 Å². The highest BCUT2D eigenvalue weighted by Crippen LogP contribution is 2.65. The number of carbonyl (C=O) groups excluding carboxylic acids is 2. The van der Waals surface area contributed by atoms with Crippen LogP contribution in [0.3, 0.4) is 0 Å². The Kier molecular flexibility index (Phi) is 17.9. The van der Waals surface area contributed by atoms with Gasteiger partial charge < -0.3 is 31.5 Å². The molecule has 0 radical (unpaired) electrons. The Labute approximate surface area is 335 Å². The van der Waals surface area contributed by atoms with Gasteiger partial charge in [0.15, 0.2) is 0 Å². The Morgan fingerprint density at radius 3 is 2.24 bits per heavy atom. The minimum atomic E-state index is -0.604. The molecule has 7 atom stereocenters. The molecular formula is C47H74N6O2. The predicted molar refractivity (Wildman–Crippen MR) is 233 cm³/mol. The van der Waals surface area contributed by atoms with Crippen LogP contribution in [0.25, 0.3) is 0 Å². The average molecular weight is 755 g/mol. The Balaban J connectivity index is 0.00000514. The summed E-state index contributed by atoms with van der Waals surface area (Å²) in [7, 11) is 0. The highest BCUT2D eigenvalue weighted by molar-refractivity contribution is 5.95. The zero-order chi connectivity index (χ0) is 41.7. The monoisotopic (exact) mass is 755 g/mol. The smallest absolute Gasteiger partial charge is 0.248 e. The molecule has 2 fully saturated rings. The molecule has 2 aliphatic carbocycles. The molecule has 1 heterocycles. The third-order valence-corrected chi connectivity index (χ3v) is 11.6. The van der Waals surface area contributed by atoms with Crippen LogP contribution in [0.2, 0.25) is 0 Å². The quantitative estimate of drug-likeness (QED) is 0.0437. The van der Waals surface area contributed by atoms with Crippen LogP contribution in [0.5, 0.6) is 0 Å². The van der Waals surface area contributed by atoms with Crippen molar-refractivity contribution in [2.45, 2.75) is 125 Å². The number of piperidine rings is 1. The number of fused-ring (bicyclic) bond motifs is 1. The maximum absolute atomic E-state index is 14.5. The molecule has 8 nitrogen and oxygen atoms in total. The minimum absolute atomic E-state index is 0.000102. The van der Waals surface area contributed by atoms with Crippen molar-refractivity contribution in [1.29, 1.82) is 0 Å². The van der Waals surface area contributed by atoms with E-state index in [1.807, 2.05) is 26.8 Å². The van der Waals surface area contributed by atoms with Crippen LogP contribution in [0.15, 0.2) is 97.7 Å². The average Bonchev–Trinajstić information content (AvgIpc) is 3.47. The minimum Gasteiger partial charge on any atom is -0.389 e. The molecule has 0 spiro atoms. The number of nitrogens with one attached hydrogen (secondary N) is 5. The van der Waals surface area contributed by atoms with E-state index in [9.17, 15) is 9.59 Å². The van der Waals surface area contributed by atoms with Crippen LogP contribution in [0, 0.1) is 40.9 Å². The van der Waals surface area contributed by atoms with Crippen molar-refractivity contribution in [3.8, 4) is 12.3 Å². The third kappa shape index (κ3) is 12.1.